The minimum Gasteiger partial charge on any atom is -0.359 e. The van der Waals surface area contributed by atoms with Crippen LogP contribution in [-0.2, 0) is 4.79 Å². The molecule has 0 spiro atoms. The lowest BCUT2D eigenvalue weighted by atomic mass is 9.66. The zero-order chi connectivity index (χ0) is 16.6. The van der Waals surface area contributed by atoms with E-state index in [9.17, 15) is 9.59 Å². The summed E-state index contributed by atoms with van der Waals surface area (Å²) in [5.74, 6) is 1.19. The average molecular weight is 315 g/mol. The van der Waals surface area contributed by atoms with Crippen molar-refractivity contribution in [1.29, 1.82) is 5.41 Å². The van der Waals surface area contributed by atoms with Gasteiger partial charge in [0.15, 0.2) is 5.78 Å². The molecule has 3 unspecified atom stereocenters. The summed E-state index contributed by atoms with van der Waals surface area (Å²) in [7, 11) is 0. The number of hydrogen-bond acceptors (Lipinski definition) is 3. The highest BCUT2D eigenvalue weighted by Gasteiger charge is 2.52. The smallest absolute Gasteiger partial charge is 0.232 e. The van der Waals surface area contributed by atoms with Gasteiger partial charge in [-0.2, -0.15) is 0 Å². The van der Waals surface area contributed by atoms with E-state index in [1.807, 2.05) is 6.92 Å². The Labute approximate surface area is 136 Å². The van der Waals surface area contributed by atoms with Gasteiger partial charge in [-0.05, 0) is 63.0 Å². The molecule has 1 heterocycles. The van der Waals surface area contributed by atoms with Crippen molar-refractivity contribution in [2.45, 2.75) is 39.5 Å². The maximum atomic E-state index is 12.8. The number of aromatic amines is 1. The van der Waals surface area contributed by atoms with E-state index < -0.39 is 5.41 Å². The van der Waals surface area contributed by atoms with Gasteiger partial charge in [0.2, 0.25) is 5.91 Å². The second-order valence-electron chi connectivity index (χ2n) is 7.30. The molecule has 0 saturated heterocycles. The Kier molecular flexibility index (Phi) is 4.13. The van der Waals surface area contributed by atoms with E-state index in [1.165, 1.54) is 19.3 Å². The first-order valence-electron chi connectivity index (χ1n) is 8.43. The van der Waals surface area contributed by atoms with Crippen LogP contribution < -0.4 is 5.32 Å². The van der Waals surface area contributed by atoms with Gasteiger partial charge >= 0.3 is 0 Å². The number of nitrogens with one attached hydrogen (secondary N) is 3. The Bertz CT molecular complexity index is 622. The number of hydrogen-bond donors (Lipinski definition) is 3. The van der Waals surface area contributed by atoms with Gasteiger partial charge in [0.25, 0.3) is 0 Å². The molecule has 5 nitrogen and oxygen atoms in total. The Morgan fingerprint density at radius 2 is 2.17 bits per heavy atom. The number of H-pyrrole nitrogens is 1. The topological polar surface area (TPSA) is 85.8 Å². The van der Waals surface area contributed by atoms with Crippen molar-refractivity contribution in [2.75, 3.05) is 6.54 Å². The predicted octanol–water partition coefficient (Wildman–Crippen LogP) is 2.80. The van der Waals surface area contributed by atoms with Crippen molar-refractivity contribution in [3.05, 3.63) is 24.0 Å². The lowest BCUT2D eigenvalue weighted by Crippen LogP contribution is -2.50. The van der Waals surface area contributed by atoms with Crippen LogP contribution in [0.4, 0.5) is 0 Å². The van der Waals surface area contributed by atoms with Crippen LogP contribution in [-0.4, -0.2) is 28.9 Å². The number of fused-ring (bicyclic) bond motifs is 2. The standard InChI is InChI=1S/C18H25N3O2/c1-11(19)18(2,14-9-12-5-6-13(14)8-12)17(23)21-10-16(22)15-4-3-7-20-15/h3-4,7,12-14,19-20H,5-6,8-10H2,1-2H3,(H,21,23)/t12?,13?,14?,18-/m0/s1. The number of aromatic nitrogens is 1. The van der Waals surface area contributed by atoms with Crippen molar-refractivity contribution in [3.8, 4) is 0 Å². The molecule has 3 N–H and O–H groups in total. The minimum absolute atomic E-state index is 0.0248. The highest BCUT2D eigenvalue weighted by Crippen LogP contribution is 2.55. The van der Waals surface area contributed by atoms with Crippen molar-refractivity contribution in [2.24, 2.45) is 23.2 Å². The van der Waals surface area contributed by atoms with E-state index in [2.05, 4.69) is 10.3 Å². The number of amides is 1. The SMILES string of the molecule is CC(=N)[C@](C)(C(=O)NCC(=O)c1ccc[nH]1)C1CC2CCC1C2. The van der Waals surface area contributed by atoms with Gasteiger partial charge in [-0.3, -0.25) is 9.59 Å². The van der Waals surface area contributed by atoms with Crippen LogP contribution in [0.25, 0.3) is 0 Å². The molecule has 1 amide bonds. The van der Waals surface area contributed by atoms with Crippen LogP contribution >= 0.6 is 0 Å². The third-order valence-corrected chi connectivity index (χ3v) is 6.04. The molecule has 2 aliphatic carbocycles. The Balaban J connectivity index is 1.69. The Hall–Kier alpha value is -1.91. The molecule has 5 heteroatoms. The first-order chi connectivity index (χ1) is 10.9. The molecule has 1 aromatic heterocycles. The fourth-order valence-corrected chi connectivity index (χ4v) is 4.51. The summed E-state index contributed by atoms with van der Waals surface area (Å²) in [5.41, 5.74) is 0.105. The van der Waals surface area contributed by atoms with E-state index in [0.717, 1.165) is 12.3 Å². The molecule has 3 rings (SSSR count). The molecule has 0 aliphatic heterocycles. The second kappa shape index (κ2) is 5.95. The van der Waals surface area contributed by atoms with E-state index in [1.54, 1.807) is 25.3 Å². The van der Waals surface area contributed by atoms with Crippen molar-refractivity contribution >= 4 is 17.4 Å². The van der Waals surface area contributed by atoms with Gasteiger partial charge in [0.05, 0.1) is 17.7 Å². The molecule has 2 fully saturated rings. The van der Waals surface area contributed by atoms with Crippen LogP contribution in [0.1, 0.15) is 50.0 Å². The van der Waals surface area contributed by atoms with Crippen LogP contribution in [0.5, 0.6) is 0 Å². The molecule has 2 aliphatic rings. The van der Waals surface area contributed by atoms with E-state index in [-0.39, 0.29) is 24.2 Å². The molecule has 2 saturated carbocycles. The van der Waals surface area contributed by atoms with Gasteiger partial charge < -0.3 is 15.7 Å². The molecule has 23 heavy (non-hydrogen) atoms. The summed E-state index contributed by atoms with van der Waals surface area (Å²) >= 11 is 0. The maximum absolute atomic E-state index is 12.8. The summed E-state index contributed by atoms with van der Waals surface area (Å²) < 4.78 is 0. The summed E-state index contributed by atoms with van der Waals surface area (Å²) in [6, 6.07) is 3.46. The minimum atomic E-state index is -0.796. The van der Waals surface area contributed by atoms with Gasteiger partial charge in [0.1, 0.15) is 0 Å². The molecular formula is C18H25N3O2. The molecule has 124 valence electrons. The Morgan fingerprint density at radius 1 is 1.39 bits per heavy atom. The first kappa shape index (κ1) is 16.0. The quantitative estimate of drug-likeness (QED) is 0.557. The van der Waals surface area contributed by atoms with Crippen molar-refractivity contribution in [1.82, 2.24) is 10.3 Å². The summed E-state index contributed by atoms with van der Waals surface area (Å²) in [4.78, 5) is 27.7. The van der Waals surface area contributed by atoms with Crippen LogP contribution in [0, 0.1) is 28.6 Å². The van der Waals surface area contributed by atoms with Crippen molar-refractivity contribution < 1.29 is 9.59 Å². The third kappa shape index (κ3) is 2.73. The largest absolute Gasteiger partial charge is 0.359 e. The zero-order valence-electron chi connectivity index (χ0n) is 13.8. The lowest BCUT2D eigenvalue weighted by molar-refractivity contribution is -0.129. The van der Waals surface area contributed by atoms with E-state index >= 15 is 0 Å². The number of Topliss-reactive ketones (excluding diaryl/α,β-unsaturated/α-hetero) is 1. The maximum Gasteiger partial charge on any atom is 0.232 e. The van der Waals surface area contributed by atoms with Crippen LogP contribution in [0.3, 0.4) is 0 Å². The zero-order valence-corrected chi connectivity index (χ0v) is 13.8. The average Bonchev–Trinajstić information content (AvgIpc) is 3.27. The van der Waals surface area contributed by atoms with Crippen molar-refractivity contribution in [3.63, 3.8) is 0 Å². The van der Waals surface area contributed by atoms with Crippen LogP contribution in [0.2, 0.25) is 0 Å². The molecule has 0 aromatic carbocycles. The summed E-state index contributed by atoms with van der Waals surface area (Å²) in [6.45, 7) is 3.58. The highest BCUT2D eigenvalue weighted by molar-refractivity contribution is 6.08. The predicted molar refractivity (Wildman–Crippen MR) is 88.6 cm³/mol. The summed E-state index contributed by atoms with van der Waals surface area (Å²) in [5, 5.41) is 11.0. The summed E-state index contributed by atoms with van der Waals surface area (Å²) in [6.07, 6.45) is 6.36. The molecule has 0 radical (unpaired) electrons. The monoisotopic (exact) mass is 315 g/mol. The lowest BCUT2D eigenvalue weighted by Gasteiger charge is -2.38. The molecular weight excluding hydrogens is 290 g/mol. The number of ketones is 1. The van der Waals surface area contributed by atoms with Gasteiger partial charge in [-0.1, -0.05) is 6.42 Å². The number of carbonyl (C=O) groups is 2. The van der Waals surface area contributed by atoms with E-state index in [4.69, 9.17) is 5.41 Å². The van der Waals surface area contributed by atoms with Gasteiger partial charge in [-0.25, -0.2) is 0 Å². The van der Waals surface area contributed by atoms with Crippen LogP contribution in [0.15, 0.2) is 18.3 Å². The normalized spacial score (nSPS) is 28.3. The molecule has 2 bridgehead atoms. The highest BCUT2D eigenvalue weighted by atomic mass is 16.2. The van der Waals surface area contributed by atoms with Gasteiger partial charge in [-0.15, -0.1) is 0 Å². The Morgan fingerprint density at radius 3 is 2.70 bits per heavy atom. The number of rotatable bonds is 6. The van der Waals surface area contributed by atoms with E-state index in [0.29, 0.717) is 17.3 Å². The number of carbonyl (C=O) groups excluding carboxylic acids is 2. The second-order valence-corrected chi connectivity index (χ2v) is 7.30. The molecule has 4 atom stereocenters. The molecule has 1 aromatic rings. The third-order valence-electron chi connectivity index (χ3n) is 6.04. The first-order valence-corrected chi connectivity index (χ1v) is 8.43. The fourth-order valence-electron chi connectivity index (χ4n) is 4.51. The fraction of sp³-hybridized carbons (Fsp3) is 0.611. The van der Waals surface area contributed by atoms with Gasteiger partial charge in [0, 0.05) is 11.9 Å².